The molecule has 6 nitrogen and oxygen atoms in total. The van der Waals surface area contributed by atoms with Gasteiger partial charge in [0.25, 0.3) is 0 Å². The zero-order chi connectivity index (χ0) is 17.9. The van der Waals surface area contributed by atoms with Gasteiger partial charge in [0, 0.05) is 44.0 Å². The van der Waals surface area contributed by atoms with Crippen LogP contribution in [0.25, 0.3) is 0 Å². The molecular formula is C18H22N2O4S. The van der Waals surface area contributed by atoms with Crippen molar-refractivity contribution in [3.63, 3.8) is 0 Å². The molecule has 134 valence electrons. The summed E-state index contributed by atoms with van der Waals surface area (Å²) >= 11 is 0. The van der Waals surface area contributed by atoms with Crippen molar-refractivity contribution in [3.8, 4) is 11.5 Å². The van der Waals surface area contributed by atoms with Crippen LogP contribution in [-0.2, 0) is 10.0 Å². The zero-order valence-electron chi connectivity index (χ0n) is 14.4. The molecule has 0 amide bonds. The molecule has 2 aromatic carbocycles. The average molecular weight is 362 g/mol. The van der Waals surface area contributed by atoms with Gasteiger partial charge in [-0.15, -0.1) is 0 Å². The molecule has 1 saturated heterocycles. The Morgan fingerprint density at radius 1 is 0.840 bits per heavy atom. The highest BCUT2D eigenvalue weighted by atomic mass is 32.2. The largest absolute Gasteiger partial charge is 0.497 e. The van der Waals surface area contributed by atoms with Gasteiger partial charge in [-0.1, -0.05) is 12.1 Å². The summed E-state index contributed by atoms with van der Waals surface area (Å²) in [7, 11) is -0.348. The molecule has 1 heterocycles. The Labute approximate surface area is 148 Å². The van der Waals surface area contributed by atoms with Gasteiger partial charge < -0.3 is 14.4 Å². The van der Waals surface area contributed by atoms with E-state index in [1.165, 1.54) is 11.4 Å². The molecule has 0 spiro atoms. The molecule has 1 aliphatic rings. The summed E-state index contributed by atoms with van der Waals surface area (Å²) in [6.07, 6.45) is 0. The predicted molar refractivity (Wildman–Crippen MR) is 97.0 cm³/mol. The number of methoxy groups -OCH3 is 2. The Bertz CT molecular complexity index is 830. The van der Waals surface area contributed by atoms with Crippen LogP contribution >= 0.6 is 0 Å². The Balaban J connectivity index is 1.72. The van der Waals surface area contributed by atoms with Crippen LogP contribution in [-0.4, -0.2) is 53.1 Å². The van der Waals surface area contributed by atoms with E-state index in [-0.39, 0.29) is 4.90 Å². The standard InChI is InChI=1S/C18H22N2O4S/c1-23-16-6-3-5-15(13-16)19-9-11-20(12-10-19)25(21,22)18-8-4-7-17(14-18)24-2/h3-8,13-14H,9-12H2,1-2H3. The summed E-state index contributed by atoms with van der Waals surface area (Å²) in [6.45, 7) is 2.15. The van der Waals surface area contributed by atoms with Crippen LogP contribution in [0.2, 0.25) is 0 Å². The number of hydrogen-bond donors (Lipinski definition) is 0. The third-order valence-electron chi connectivity index (χ3n) is 4.34. The van der Waals surface area contributed by atoms with Crippen LogP contribution in [0.3, 0.4) is 0 Å². The highest BCUT2D eigenvalue weighted by Gasteiger charge is 2.28. The van der Waals surface area contributed by atoms with Crippen LogP contribution in [0.1, 0.15) is 0 Å². The zero-order valence-corrected chi connectivity index (χ0v) is 15.2. The fourth-order valence-corrected chi connectivity index (χ4v) is 4.36. The van der Waals surface area contributed by atoms with E-state index in [4.69, 9.17) is 9.47 Å². The second-order valence-electron chi connectivity index (χ2n) is 5.77. The average Bonchev–Trinajstić information content (AvgIpc) is 2.68. The predicted octanol–water partition coefficient (Wildman–Crippen LogP) is 2.21. The van der Waals surface area contributed by atoms with Crippen molar-refractivity contribution in [1.29, 1.82) is 0 Å². The molecule has 0 unspecified atom stereocenters. The van der Waals surface area contributed by atoms with E-state index in [2.05, 4.69) is 4.90 Å². The number of anilines is 1. The van der Waals surface area contributed by atoms with Crippen LogP contribution < -0.4 is 14.4 Å². The minimum absolute atomic E-state index is 0.265. The fraction of sp³-hybridized carbons (Fsp3) is 0.333. The van der Waals surface area contributed by atoms with Gasteiger partial charge in [-0.3, -0.25) is 0 Å². The topological polar surface area (TPSA) is 59.1 Å². The van der Waals surface area contributed by atoms with Crippen LogP contribution in [0, 0.1) is 0 Å². The normalized spacial score (nSPS) is 15.8. The smallest absolute Gasteiger partial charge is 0.243 e. The van der Waals surface area contributed by atoms with E-state index in [0.717, 1.165) is 11.4 Å². The Hall–Kier alpha value is -2.25. The highest BCUT2D eigenvalue weighted by molar-refractivity contribution is 7.89. The maximum Gasteiger partial charge on any atom is 0.243 e. The lowest BCUT2D eigenvalue weighted by molar-refractivity contribution is 0.383. The molecule has 0 radical (unpaired) electrons. The molecule has 1 fully saturated rings. The van der Waals surface area contributed by atoms with E-state index in [9.17, 15) is 8.42 Å². The van der Waals surface area contributed by atoms with Gasteiger partial charge in [0.1, 0.15) is 11.5 Å². The van der Waals surface area contributed by atoms with Crippen molar-refractivity contribution in [2.45, 2.75) is 4.90 Å². The summed E-state index contributed by atoms with van der Waals surface area (Å²) < 4.78 is 37.6. The minimum atomic E-state index is -3.51. The van der Waals surface area contributed by atoms with Crippen LogP contribution in [0.15, 0.2) is 53.4 Å². The maximum absolute atomic E-state index is 12.8. The van der Waals surface area contributed by atoms with Gasteiger partial charge in [-0.05, 0) is 24.3 Å². The number of benzene rings is 2. The first-order chi connectivity index (χ1) is 12.0. The van der Waals surface area contributed by atoms with Crippen LogP contribution in [0.5, 0.6) is 11.5 Å². The summed E-state index contributed by atoms with van der Waals surface area (Å²) in [5.74, 6) is 1.33. The molecule has 0 aromatic heterocycles. The number of piperazine rings is 1. The Kier molecular flexibility index (Phi) is 5.15. The van der Waals surface area contributed by atoms with E-state index >= 15 is 0 Å². The monoisotopic (exact) mass is 362 g/mol. The Morgan fingerprint density at radius 2 is 1.44 bits per heavy atom. The summed E-state index contributed by atoms with van der Waals surface area (Å²) in [5, 5.41) is 0. The third-order valence-corrected chi connectivity index (χ3v) is 6.23. The van der Waals surface area contributed by atoms with Crippen molar-refractivity contribution >= 4 is 15.7 Å². The highest BCUT2D eigenvalue weighted by Crippen LogP contribution is 2.25. The van der Waals surface area contributed by atoms with E-state index in [1.807, 2.05) is 24.3 Å². The van der Waals surface area contributed by atoms with Gasteiger partial charge >= 0.3 is 0 Å². The molecular weight excluding hydrogens is 340 g/mol. The summed E-state index contributed by atoms with van der Waals surface area (Å²) in [6, 6.07) is 14.4. The van der Waals surface area contributed by atoms with E-state index in [0.29, 0.717) is 31.9 Å². The number of sulfonamides is 1. The lowest BCUT2D eigenvalue weighted by Crippen LogP contribution is -2.48. The molecule has 0 bridgehead atoms. The Morgan fingerprint density at radius 3 is 2.08 bits per heavy atom. The molecule has 0 atom stereocenters. The SMILES string of the molecule is COc1cccc(N2CCN(S(=O)(=O)c3cccc(OC)c3)CC2)c1. The number of nitrogens with zero attached hydrogens (tertiary/aromatic N) is 2. The molecule has 0 N–H and O–H groups in total. The third kappa shape index (κ3) is 3.72. The van der Waals surface area contributed by atoms with Gasteiger partial charge in [0.15, 0.2) is 0 Å². The number of rotatable bonds is 5. The molecule has 3 rings (SSSR count). The molecule has 0 aliphatic carbocycles. The second-order valence-corrected chi connectivity index (χ2v) is 7.71. The first-order valence-corrected chi connectivity index (χ1v) is 9.52. The molecule has 0 saturated carbocycles. The van der Waals surface area contributed by atoms with E-state index < -0.39 is 10.0 Å². The van der Waals surface area contributed by atoms with Gasteiger partial charge in [-0.25, -0.2) is 8.42 Å². The molecule has 25 heavy (non-hydrogen) atoms. The fourth-order valence-electron chi connectivity index (χ4n) is 2.90. The van der Waals surface area contributed by atoms with Gasteiger partial charge in [0.05, 0.1) is 19.1 Å². The molecule has 2 aromatic rings. The lowest BCUT2D eigenvalue weighted by atomic mass is 10.2. The summed E-state index contributed by atoms with van der Waals surface area (Å²) in [5.41, 5.74) is 1.04. The maximum atomic E-state index is 12.8. The number of ether oxygens (including phenoxy) is 2. The van der Waals surface area contributed by atoms with Crippen LogP contribution in [0.4, 0.5) is 5.69 Å². The van der Waals surface area contributed by atoms with E-state index in [1.54, 1.807) is 31.4 Å². The van der Waals surface area contributed by atoms with Crippen molar-refractivity contribution in [2.24, 2.45) is 0 Å². The van der Waals surface area contributed by atoms with Gasteiger partial charge in [0.2, 0.25) is 10.0 Å². The van der Waals surface area contributed by atoms with Crippen molar-refractivity contribution in [1.82, 2.24) is 4.31 Å². The number of hydrogen-bond acceptors (Lipinski definition) is 5. The molecule has 7 heteroatoms. The first kappa shape index (κ1) is 17.6. The van der Waals surface area contributed by atoms with Crippen molar-refractivity contribution in [2.75, 3.05) is 45.3 Å². The van der Waals surface area contributed by atoms with Gasteiger partial charge in [-0.2, -0.15) is 4.31 Å². The molecule has 1 aliphatic heterocycles. The summed E-state index contributed by atoms with van der Waals surface area (Å²) in [4.78, 5) is 2.43. The van der Waals surface area contributed by atoms with Crippen molar-refractivity contribution < 1.29 is 17.9 Å². The minimum Gasteiger partial charge on any atom is -0.497 e. The second kappa shape index (κ2) is 7.33. The lowest BCUT2D eigenvalue weighted by Gasteiger charge is -2.35. The first-order valence-electron chi connectivity index (χ1n) is 8.08. The van der Waals surface area contributed by atoms with Crippen molar-refractivity contribution in [3.05, 3.63) is 48.5 Å². The quantitative estimate of drug-likeness (QED) is 0.816.